The van der Waals surface area contributed by atoms with Crippen molar-refractivity contribution in [3.63, 3.8) is 0 Å². The minimum atomic E-state index is -1.06. The van der Waals surface area contributed by atoms with Crippen LogP contribution in [0, 0.1) is 12.8 Å². The molecule has 2 rings (SSSR count). The molecule has 4 amide bonds. The van der Waals surface area contributed by atoms with Crippen LogP contribution >= 0.6 is 0 Å². The Kier molecular flexibility index (Phi) is 6.63. The first-order chi connectivity index (χ1) is 12.4. The van der Waals surface area contributed by atoms with Crippen LogP contribution in [0.15, 0.2) is 29.3 Å². The Morgan fingerprint density at radius 2 is 1.92 bits per heavy atom. The van der Waals surface area contributed by atoms with Crippen LogP contribution in [-0.4, -0.2) is 55.6 Å². The van der Waals surface area contributed by atoms with Gasteiger partial charge in [0.25, 0.3) is 5.91 Å². The van der Waals surface area contributed by atoms with E-state index in [9.17, 15) is 14.4 Å². The molecule has 0 aromatic heterocycles. The molecular formula is C19H26N4O3. The SMILES string of the molecule is CCC(=NCCCN(C)C)C1C(=O)NC(=O)N(c2ccccc2C)C1=O. The number of benzene rings is 1. The van der Waals surface area contributed by atoms with Crippen molar-refractivity contribution in [1.29, 1.82) is 0 Å². The molecule has 7 heteroatoms. The third kappa shape index (κ3) is 4.35. The summed E-state index contributed by atoms with van der Waals surface area (Å²) >= 11 is 0. The summed E-state index contributed by atoms with van der Waals surface area (Å²) < 4.78 is 0. The first kappa shape index (κ1) is 19.8. The molecular weight excluding hydrogens is 332 g/mol. The second kappa shape index (κ2) is 8.71. The summed E-state index contributed by atoms with van der Waals surface area (Å²) in [5, 5.41) is 2.30. The number of nitrogens with zero attached hydrogens (tertiary/aromatic N) is 3. The Labute approximate surface area is 154 Å². The first-order valence-corrected chi connectivity index (χ1v) is 8.79. The number of rotatable bonds is 7. The number of imide groups is 2. The standard InChI is InChI=1S/C19H26N4O3/c1-5-14(20-11-8-12-22(3)4)16-17(24)21-19(26)23(18(16)25)15-10-7-6-9-13(15)2/h6-7,9-10,16H,5,8,11-12H2,1-4H3,(H,21,24,26). The second-order valence-corrected chi connectivity index (χ2v) is 6.57. The van der Waals surface area contributed by atoms with Gasteiger partial charge in [0.1, 0.15) is 0 Å². The first-order valence-electron chi connectivity index (χ1n) is 8.79. The van der Waals surface area contributed by atoms with Crippen LogP contribution in [0.4, 0.5) is 10.5 Å². The molecule has 1 aliphatic rings. The predicted octanol–water partition coefficient (Wildman–Crippen LogP) is 2.00. The molecule has 0 saturated carbocycles. The maximum atomic E-state index is 13.0. The van der Waals surface area contributed by atoms with Crippen LogP contribution < -0.4 is 10.2 Å². The zero-order valence-electron chi connectivity index (χ0n) is 15.8. The molecule has 1 saturated heterocycles. The van der Waals surface area contributed by atoms with Gasteiger partial charge in [0.05, 0.1) is 5.69 Å². The van der Waals surface area contributed by atoms with Crippen LogP contribution in [0.5, 0.6) is 0 Å². The minimum absolute atomic E-state index is 0.474. The van der Waals surface area contributed by atoms with Crippen LogP contribution in [0.3, 0.4) is 0 Å². The number of barbiturate groups is 1. The molecule has 1 unspecified atom stereocenters. The van der Waals surface area contributed by atoms with E-state index in [0.29, 0.717) is 24.4 Å². The number of hydrogen-bond donors (Lipinski definition) is 1. The molecule has 7 nitrogen and oxygen atoms in total. The molecule has 1 aromatic rings. The normalized spacial score (nSPS) is 18.5. The molecule has 0 spiro atoms. The Bertz CT molecular complexity index is 727. The van der Waals surface area contributed by atoms with E-state index < -0.39 is 23.8 Å². The van der Waals surface area contributed by atoms with E-state index in [4.69, 9.17) is 0 Å². The van der Waals surface area contributed by atoms with Crippen molar-refractivity contribution in [2.45, 2.75) is 26.7 Å². The monoisotopic (exact) mass is 358 g/mol. The topological polar surface area (TPSA) is 82.1 Å². The maximum Gasteiger partial charge on any atom is 0.335 e. The van der Waals surface area contributed by atoms with Crippen LogP contribution in [0.1, 0.15) is 25.3 Å². The fourth-order valence-electron chi connectivity index (χ4n) is 2.93. The van der Waals surface area contributed by atoms with Crippen molar-refractivity contribution < 1.29 is 14.4 Å². The molecule has 26 heavy (non-hydrogen) atoms. The fraction of sp³-hybridized carbons (Fsp3) is 0.474. The van der Waals surface area contributed by atoms with E-state index in [1.807, 2.05) is 40.1 Å². The maximum absolute atomic E-state index is 13.0. The summed E-state index contributed by atoms with van der Waals surface area (Å²) in [6, 6.07) is 6.38. The van der Waals surface area contributed by atoms with Crippen molar-refractivity contribution in [2.24, 2.45) is 10.9 Å². The zero-order chi connectivity index (χ0) is 19.3. The average Bonchev–Trinajstić information content (AvgIpc) is 2.58. The number of carbonyl (C=O) groups is 3. The van der Waals surface area contributed by atoms with E-state index in [1.54, 1.807) is 12.1 Å². The van der Waals surface area contributed by atoms with Gasteiger partial charge in [-0.3, -0.25) is 19.9 Å². The lowest BCUT2D eigenvalue weighted by Gasteiger charge is -2.31. The number of amides is 4. The van der Waals surface area contributed by atoms with Crippen molar-refractivity contribution in [1.82, 2.24) is 10.2 Å². The lowest BCUT2D eigenvalue weighted by atomic mass is 9.95. The Morgan fingerprint density at radius 1 is 1.23 bits per heavy atom. The molecule has 1 aromatic carbocycles. The Balaban J connectivity index is 2.28. The van der Waals surface area contributed by atoms with Gasteiger partial charge in [-0.2, -0.15) is 0 Å². The second-order valence-electron chi connectivity index (χ2n) is 6.57. The van der Waals surface area contributed by atoms with E-state index >= 15 is 0 Å². The minimum Gasteiger partial charge on any atom is -0.309 e. The lowest BCUT2D eigenvalue weighted by molar-refractivity contribution is -0.131. The highest BCUT2D eigenvalue weighted by Gasteiger charge is 2.43. The number of nitrogens with one attached hydrogen (secondary N) is 1. The number of para-hydroxylation sites is 1. The van der Waals surface area contributed by atoms with Crippen LogP contribution in [0.25, 0.3) is 0 Å². The van der Waals surface area contributed by atoms with Gasteiger partial charge in [-0.05, 0) is 52.0 Å². The summed E-state index contributed by atoms with van der Waals surface area (Å²) in [6.45, 7) is 5.09. The third-order valence-electron chi connectivity index (χ3n) is 4.29. The number of aliphatic imine (C=N–C) groups is 1. The quantitative estimate of drug-likeness (QED) is 0.459. The Morgan fingerprint density at radius 3 is 2.54 bits per heavy atom. The van der Waals surface area contributed by atoms with E-state index in [2.05, 4.69) is 15.2 Å². The van der Waals surface area contributed by atoms with Gasteiger partial charge < -0.3 is 4.90 Å². The summed E-state index contributed by atoms with van der Waals surface area (Å²) in [4.78, 5) is 45.2. The number of aryl methyl sites for hydroxylation is 1. The van der Waals surface area contributed by atoms with E-state index in [0.717, 1.165) is 23.4 Å². The third-order valence-corrected chi connectivity index (χ3v) is 4.29. The molecule has 140 valence electrons. The summed E-state index contributed by atoms with van der Waals surface area (Å²) in [7, 11) is 3.96. The molecule has 1 N–H and O–H groups in total. The van der Waals surface area contributed by atoms with Crippen molar-refractivity contribution in [3.05, 3.63) is 29.8 Å². The number of urea groups is 1. The van der Waals surface area contributed by atoms with Gasteiger partial charge in [0, 0.05) is 12.3 Å². The largest absolute Gasteiger partial charge is 0.335 e. The molecule has 0 aliphatic carbocycles. The van der Waals surface area contributed by atoms with Gasteiger partial charge in [-0.15, -0.1) is 0 Å². The fourth-order valence-corrected chi connectivity index (χ4v) is 2.93. The van der Waals surface area contributed by atoms with Gasteiger partial charge in [0.2, 0.25) is 5.91 Å². The Hall–Kier alpha value is -2.54. The number of anilines is 1. The number of carbonyl (C=O) groups excluding carboxylic acids is 3. The predicted molar refractivity (Wildman–Crippen MR) is 101 cm³/mol. The summed E-state index contributed by atoms with van der Waals surface area (Å²) in [5.41, 5.74) is 1.78. The summed E-state index contributed by atoms with van der Waals surface area (Å²) in [6.07, 6.45) is 1.31. The van der Waals surface area contributed by atoms with Gasteiger partial charge >= 0.3 is 6.03 Å². The van der Waals surface area contributed by atoms with Crippen molar-refractivity contribution in [2.75, 3.05) is 32.1 Å². The molecule has 0 radical (unpaired) electrons. The van der Waals surface area contributed by atoms with Gasteiger partial charge in [-0.25, -0.2) is 9.69 Å². The summed E-state index contributed by atoms with van der Waals surface area (Å²) in [5.74, 6) is -2.20. The highest BCUT2D eigenvalue weighted by Crippen LogP contribution is 2.25. The zero-order valence-corrected chi connectivity index (χ0v) is 15.8. The smallest absolute Gasteiger partial charge is 0.309 e. The molecule has 1 aliphatic heterocycles. The molecule has 1 heterocycles. The van der Waals surface area contributed by atoms with Crippen molar-refractivity contribution >= 4 is 29.2 Å². The highest BCUT2D eigenvalue weighted by molar-refractivity contribution is 6.35. The van der Waals surface area contributed by atoms with Crippen LogP contribution in [-0.2, 0) is 9.59 Å². The van der Waals surface area contributed by atoms with Crippen molar-refractivity contribution in [3.8, 4) is 0 Å². The lowest BCUT2D eigenvalue weighted by Crippen LogP contribution is -2.60. The number of hydrogen-bond acceptors (Lipinski definition) is 5. The van der Waals surface area contributed by atoms with Gasteiger partial charge in [0.15, 0.2) is 5.92 Å². The van der Waals surface area contributed by atoms with E-state index in [1.165, 1.54) is 0 Å². The highest BCUT2D eigenvalue weighted by atomic mass is 16.2. The van der Waals surface area contributed by atoms with Gasteiger partial charge in [-0.1, -0.05) is 25.1 Å². The molecule has 1 atom stereocenters. The average molecular weight is 358 g/mol. The van der Waals surface area contributed by atoms with Crippen LogP contribution in [0.2, 0.25) is 0 Å². The molecule has 0 bridgehead atoms. The molecule has 1 fully saturated rings. The van der Waals surface area contributed by atoms with E-state index in [-0.39, 0.29) is 0 Å².